The number of aryl methyl sites for hydroxylation is 2. The Bertz CT molecular complexity index is 1520. The van der Waals surface area contributed by atoms with E-state index in [1.807, 2.05) is 47.0 Å². The number of aliphatic carboxylic acids is 1. The molecular formula is C29H26N2O5. The van der Waals surface area contributed by atoms with Gasteiger partial charge in [-0.2, -0.15) is 0 Å². The zero-order chi connectivity index (χ0) is 25.4. The highest BCUT2D eigenvalue weighted by Crippen LogP contribution is 2.42. The monoisotopic (exact) mass is 482 g/mol. The van der Waals surface area contributed by atoms with Crippen LogP contribution in [0.5, 0.6) is 5.75 Å². The predicted octanol–water partition coefficient (Wildman–Crippen LogP) is 4.29. The molecule has 3 aromatic carbocycles. The summed E-state index contributed by atoms with van der Waals surface area (Å²) >= 11 is 0. The molecule has 0 radical (unpaired) electrons. The number of ketones is 1. The van der Waals surface area contributed by atoms with Crippen LogP contribution in [0.4, 0.5) is 0 Å². The van der Waals surface area contributed by atoms with Crippen molar-refractivity contribution in [1.29, 1.82) is 0 Å². The fourth-order valence-corrected chi connectivity index (χ4v) is 5.30. The minimum Gasteiger partial charge on any atom is -0.481 e. The number of primary amides is 1. The van der Waals surface area contributed by atoms with Crippen LogP contribution in [0.1, 0.15) is 39.2 Å². The molecule has 182 valence electrons. The van der Waals surface area contributed by atoms with Crippen LogP contribution in [-0.2, 0) is 29.0 Å². The van der Waals surface area contributed by atoms with Crippen molar-refractivity contribution in [2.24, 2.45) is 5.73 Å². The van der Waals surface area contributed by atoms with Crippen LogP contribution in [0.2, 0.25) is 0 Å². The predicted molar refractivity (Wildman–Crippen MR) is 136 cm³/mol. The van der Waals surface area contributed by atoms with Gasteiger partial charge in [0.05, 0.1) is 16.5 Å². The van der Waals surface area contributed by atoms with Crippen molar-refractivity contribution < 1.29 is 24.2 Å². The molecule has 0 spiro atoms. The summed E-state index contributed by atoms with van der Waals surface area (Å²) in [4.78, 5) is 36.4. The molecule has 1 aliphatic carbocycles. The lowest BCUT2D eigenvalue weighted by Crippen LogP contribution is -2.24. The normalized spacial score (nSPS) is 12.5. The Morgan fingerprint density at radius 2 is 1.75 bits per heavy atom. The van der Waals surface area contributed by atoms with Gasteiger partial charge in [0.1, 0.15) is 5.75 Å². The lowest BCUT2D eigenvalue weighted by molar-refractivity contribution is -0.139. The van der Waals surface area contributed by atoms with E-state index in [-0.39, 0.29) is 11.3 Å². The SMILES string of the molecule is Cc1c(C(=O)C(N)=O)c2c(OCC(=O)O)cc3c(c2n1Cc1ccccc1-c1ccccc1)CCC3. The summed E-state index contributed by atoms with van der Waals surface area (Å²) in [5.74, 6) is -2.72. The van der Waals surface area contributed by atoms with Gasteiger partial charge < -0.3 is 20.1 Å². The summed E-state index contributed by atoms with van der Waals surface area (Å²) in [7, 11) is 0. The van der Waals surface area contributed by atoms with Crippen molar-refractivity contribution in [1.82, 2.24) is 4.57 Å². The number of nitrogens with zero attached hydrogens (tertiary/aromatic N) is 1. The van der Waals surface area contributed by atoms with Crippen LogP contribution in [0, 0.1) is 6.92 Å². The molecule has 0 saturated heterocycles. The minimum absolute atomic E-state index is 0.171. The Morgan fingerprint density at radius 3 is 2.47 bits per heavy atom. The topological polar surface area (TPSA) is 112 Å². The van der Waals surface area contributed by atoms with Crippen molar-refractivity contribution in [3.05, 3.63) is 88.6 Å². The van der Waals surface area contributed by atoms with E-state index in [1.54, 1.807) is 6.92 Å². The van der Waals surface area contributed by atoms with Gasteiger partial charge in [0, 0.05) is 12.2 Å². The molecule has 36 heavy (non-hydrogen) atoms. The summed E-state index contributed by atoms with van der Waals surface area (Å²) in [6.45, 7) is 1.69. The van der Waals surface area contributed by atoms with Crippen molar-refractivity contribution in [3.63, 3.8) is 0 Å². The summed E-state index contributed by atoms with van der Waals surface area (Å²) < 4.78 is 7.72. The molecule has 0 atom stereocenters. The second-order valence-corrected chi connectivity index (χ2v) is 9.04. The van der Waals surface area contributed by atoms with Crippen LogP contribution in [0.3, 0.4) is 0 Å². The van der Waals surface area contributed by atoms with Gasteiger partial charge in [-0.3, -0.25) is 9.59 Å². The Morgan fingerprint density at radius 1 is 1.03 bits per heavy atom. The maximum atomic E-state index is 13.1. The third-order valence-corrected chi connectivity index (χ3v) is 6.85. The molecule has 1 amide bonds. The number of Topliss-reactive ketones (excluding diaryl/α,β-unsaturated/α-hetero) is 1. The highest BCUT2D eigenvalue weighted by Gasteiger charge is 2.30. The van der Waals surface area contributed by atoms with Gasteiger partial charge in [-0.25, -0.2) is 4.79 Å². The Kier molecular flexibility index (Phi) is 6.06. The van der Waals surface area contributed by atoms with Crippen LogP contribution in [0.25, 0.3) is 22.0 Å². The number of benzene rings is 3. The molecule has 7 nitrogen and oxygen atoms in total. The average molecular weight is 483 g/mol. The van der Waals surface area contributed by atoms with Gasteiger partial charge in [-0.15, -0.1) is 0 Å². The minimum atomic E-state index is -1.13. The fraction of sp³-hybridized carbons (Fsp3) is 0.207. The lowest BCUT2D eigenvalue weighted by atomic mass is 9.99. The summed E-state index contributed by atoms with van der Waals surface area (Å²) in [5.41, 5.74) is 12.4. The van der Waals surface area contributed by atoms with E-state index in [1.165, 1.54) is 0 Å². The standard InChI is InChI=1S/C29H26N2O5/c1-17-25(28(34)29(30)35)26-23(36-16-24(32)33)14-19-11-7-13-22(19)27(26)31(17)15-20-10-5-6-12-21(20)18-8-3-2-4-9-18/h2-6,8-10,12,14H,7,11,13,15-16H2,1H3,(H2,30,35)(H,32,33). The number of aromatic nitrogens is 1. The molecule has 4 aromatic rings. The third-order valence-electron chi connectivity index (χ3n) is 6.85. The Balaban J connectivity index is 1.77. The molecule has 1 aromatic heterocycles. The Hall–Kier alpha value is -4.39. The maximum Gasteiger partial charge on any atom is 0.341 e. The van der Waals surface area contributed by atoms with E-state index in [2.05, 4.69) is 18.2 Å². The molecule has 7 heteroatoms. The van der Waals surface area contributed by atoms with Gasteiger partial charge in [0.15, 0.2) is 6.61 Å². The number of hydrogen-bond donors (Lipinski definition) is 2. The second-order valence-electron chi connectivity index (χ2n) is 9.04. The van der Waals surface area contributed by atoms with E-state index < -0.39 is 24.3 Å². The van der Waals surface area contributed by atoms with E-state index >= 15 is 0 Å². The van der Waals surface area contributed by atoms with Crippen LogP contribution < -0.4 is 10.5 Å². The molecular weight excluding hydrogens is 456 g/mol. The van der Waals surface area contributed by atoms with Gasteiger partial charge in [0.2, 0.25) is 0 Å². The Labute approximate surface area is 208 Å². The number of nitrogens with two attached hydrogens (primary N) is 1. The first-order valence-corrected chi connectivity index (χ1v) is 11.9. The molecule has 0 bridgehead atoms. The number of fused-ring (bicyclic) bond motifs is 3. The molecule has 1 aliphatic rings. The van der Waals surface area contributed by atoms with Gasteiger partial charge in [0.25, 0.3) is 11.7 Å². The van der Waals surface area contributed by atoms with Crippen LogP contribution in [-0.4, -0.2) is 33.9 Å². The van der Waals surface area contributed by atoms with Crippen LogP contribution in [0.15, 0.2) is 60.7 Å². The third kappa shape index (κ3) is 4.02. The lowest BCUT2D eigenvalue weighted by Gasteiger charge is -2.16. The summed E-state index contributed by atoms with van der Waals surface area (Å²) in [6, 6.07) is 20.0. The highest BCUT2D eigenvalue weighted by atomic mass is 16.5. The number of carbonyl (C=O) groups is 3. The molecule has 0 aliphatic heterocycles. The van der Waals surface area contributed by atoms with Crippen molar-refractivity contribution >= 4 is 28.6 Å². The summed E-state index contributed by atoms with van der Waals surface area (Å²) in [6.07, 6.45) is 2.59. The molecule has 0 unspecified atom stereocenters. The number of amides is 1. The number of rotatable bonds is 8. The molecule has 0 fully saturated rings. The molecule has 1 heterocycles. The van der Waals surface area contributed by atoms with Crippen molar-refractivity contribution in [2.45, 2.75) is 32.7 Å². The largest absolute Gasteiger partial charge is 0.481 e. The molecule has 3 N–H and O–H groups in total. The number of carboxylic acid groups (broad SMARTS) is 1. The number of carbonyl (C=O) groups excluding carboxylic acids is 2. The van der Waals surface area contributed by atoms with E-state index in [0.29, 0.717) is 17.6 Å². The first-order chi connectivity index (χ1) is 17.4. The number of ether oxygens (including phenoxy) is 1. The second kappa shape index (κ2) is 9.34. The quantitative estimate of drug-likeness (QED) is 0.288. The van der Waals surface area contributed by atoms with Crippen molar-refractivity contribution in [2.75, 3.05) is 6.61 Å². The van der Waals surface area contributed by atoms with Gasteiger partial charge in [-0.1, -0.05) is 54.6 Å². The first kappa shape index (κ1) is 23.4. The molecule has 0 saturated carbocycles. The fourth-order valence-electron chi connectivity index (χ4n) is 5.30. The van der Waals surface area contributed by atoms with E-state index in [4.69, 9.17) is 10.5 Å². The smallest absolute Gasteiger partial charge is 0.341 e. The zero-order valence-corrected chi connectivity index (χ0v) is 19.9. The molecule has 5 rings (SSSR count). The number of hydrogen-bond acceptors (Lipinski definition) is 4. The van der Waals surface area contributed by atoms with Gasteiger partial charge >= 0.3 is 5.97 Å². The van der Waals surface area contributed by atoms with Crippen molar-refractivity contribution in [3.8, 4) is 16.9 Å². The summed E-state index contributed by atoms with van der Waals surface area (Å²) in [5, 5.41) is 9.68. The van der Waals surface area contributed by atoms with Gasteiger partial charge in [-0.05, 0) is 60.1 Å². The highest BCUT2D eigenvalue weighted by molar-refractivity contribution is 6.45. The zero-order valence-electron chi connectivity index (χ0n) is 19.9. The van der Waals surface area contributed by atoms with E-state index in [0.717, 1.165) is 52.6 Å². The van der Waals surface area contributed by atoms with Crippen LogP contribution >= 0.6 is 0 Å². The maximum absolute atomic E-state index is 13.1. The average Bonchev–Trinajstić information content (AvgIpc) is 3.45. The number of carboxylic acids is 1. The first-order valence-electron chi connectivity index (χ1n) is 11.9. The van der Waals surface area contributed by atoms with E-state index in [9.17, 15) is 19.5 Å².